The van der Waals surface area contributed by atoms with Crippen molar-refractivity contribution in [3.05, 3.63) is 89.4 Å². The zero-order valence-corrected chi connectivity index (χ0v) is 24.9. The SMILES string of the molecule is COc1ccccc1N(CC(=O)N(Cc1ccccc1Cl)[C@H](C)C(=O)NC1CCCCC1)S(=O)(=O)c1ccccc1. The first-order chi connectivity index (χ1) is 19.7. The molecule has 1 N–H and O–H groups in total. The summed E-state index contributed by atoms with van der Waals surface area (Å²) in [6, 6.07) is 20.8. The molecular formula is C31H36ClN3O5S. The number of hydrogen-bond acceptors (Lipinski definition) is 5. The number of hydrogen-bond donors (Lipinski definition) is 1. The van der Waals surface area contributed by atoms with Crippen molar-refractivity contribution >= 4 is 39.1 Å². The Morgan fingerprint density at radius 3 is 2.27 bits per heavy atom. The maximum atomic E-state index is 14.1. The Morgan fingerprint density at radius 2 is 1.59 bits per heavy atom. The van der Waals surface area contributed by atoms with Gasteiger partial charge in [0.15, 0.2) is 0 Å². The number of amides is 2. The Morgan fingerprint density at radius 1 is 0.951 bits per heavy atom. The van der Waals surface area contributed by atoms with Crippen LogP contribution in [0.1, 0.15) is 44.6 Å². The number of rotatable bonds is 11. The van der Waals surface area contributed by atoms with Crippen molar-refractivity contribution in [2.45, 2.75) is 62.6 Å². The van der Waals surface area contributed by atoms with Gasteiger partial charge in [-0.2, -0.15) is 0 Å². The molecule has 218 valence electrons. The van der Waals surface area contributed by atoms with Gasteiger partial charge in [0, 0.05) is 17.6 Å². The van der Waals surface area contributed by atoms with Gasteiger partial charge in [-0.25, -0.2) is 8.42 Å². The predicted octanol–water partition coefficient (Wildman–Crippen LogP) is 5.41. The average molecular weight is 598 g/mol. The Bertz CT molecular complexity index is 1440. The summed E-state index contributed by atoms with van der Waals surface area (Å²) >= 11 is 6.45. The summed E-state index contributed by atoms with van der Waals surface area (Å²) < 4.78 is 34.4. The molecule has 3 aromatic carbocycles. The van der Waals surface area contributed by atoms with Gasteiger partial charge in [-0.15, -0.1) is 0 Å². The van der Waals surface area contributed by atoms with Crippen LogP contribution in [-0.2, 0) is 26.2 Å². The van der Waals surface area contributed by atoms with Crippen LogP contribution in [0.4, 0.5) is 5.69 Å². The molecule has 10 heteroatoms. The Kier molecular flexibility index (Phi) is 10.3. The fraction of sp³-hybridized carbons (Fsp3) is 0.355. The fourth-order valence-electron chi connectivity index (χ4n) is 5.03. The minimum Gasteiger partial charge on any atom is -0.495 e. The molecule has 0 saturated heterocycles. The second kappa shape index (κ2) is 13.9. The molecule has 4 rings (SSSR count). The highest BCUT2D eigenvalue weighted by atomic mass is 35.5. The number of ether oxygens (including phenoxy) is 1. The molecule has 0 bridgehead atoms. The molecule has 41 heavy (non-hydrogen) atoms. The van der Waals surface area contributed by atoms with Crippen LogP contribution in [-0.4, -0.2) is 50.9 Å². The highest BCUT2D eigenvalue weighted by Crippen LogP contribution is 2.32. The van der Waals surface area contributed by atoms with E-state index in [4.69, 9.17) is 16.3 Å². The number of carbonyl (C=O) groups is 2. The molecule has 1 saturated carbocycles. The average Bonchev–Trinajstić information content (AvgIpc) is 3.00. The van der Waals surface area contributed by atoms with Gasteiger partial charge in [0.1, 0.15) is 18.3 Å². The summed E-state index contributed by atoms with van der Waals surface area (Å²) in [4.78, 5) is 28.9. The number of carbonyl (C=O) groups excluding carboxylic acids is 2. The number of benzene rings is 3. The second-order valence-corrected chi connectivity index (χ2v) is 12.4. The molecule has 0 aromatic heterocycles. The van der Waals surface area contributed by atoms with Crippen molar-refractivity contribution in [2.75, 3.05) is 18.0 Å². The molecule has 0 aliphatic heterocycles. The monoisotopic (exact) mass is 597 g/mol. The molecule has 3 aromatic rings. The number of methoxy groups -OCH3 is 1. The van der Waals surface area contributed by atoms with E-state index in [1.165, 1.54) is 24.1 Å². The van der Waals surface area contributed by atoms with Crippen LogP contribution in [0, 0.1) is 0 Å². The minimum atomic E-state index is -4.19. The third-order valence-corrected chi connectivity index (χ3v) is 9.52. The van der Waals surface area contributed by atoms with Crippen LogP contribution >= 0.6 is 11.6 Å². The molecule has 0 radical (unpaired) electrons. The number of sulfonamides is 1. The van der Waals surface area contributed by atoms with Crippen LogP contribution in [0.15, 0.2) is 83.8 Å². The highest BCUT2D eigenvalue weighted by molar-refractivity contribution is 7.92. The quantitative estimate of drug-likeness (QED) is 0.319. The first-order valence-corrected chi connectivity index (χ1v) is 15.6. The van der Waals surface area contributed by atoms with Gasteiger partial charge in [-0.05, 0) is 55.7 Å². The van der Waals surface area contributed by atoms with Crippen molar-refractivity contribution in [1.82, 2.24) is 10.2 Å². The van der Waals surface area contributed by atoms with E-state index in [1.54, 1.807) is 73.7 Å². The zero-order chi connectivity index (χ0) is 29.4. The first-order valence-electron chi connectivity index (χ1n) is 13.8. The van der Waals surface area contributed by atoms with Gasteiger partial charge in [0.2, 0.25) is 11.8 Å². The van der Waals surface area contributed by atoms with E-state index in [2.05, 4.69) is 5.32 Å². The lowest BCUT2D eigenvalue weighted by molar-refractivity contribution is -0.139. The van der Waals surface area contributed by atoms with Gasteiger partial charge in [0.25, 0.3) is 10.0 Å². The van der Waals surface area contributed by atoms with Crippen molar-refractivity contribution in [1.29, 1.82) is 0 Å². The van der Waals surface area contributed by atoms with Crippen LogP contribution in [0.25, 0.3) is 0 Å². The zero-order valence-electron chi connectivity index (χ0n) is 23.3. The summed E-state index contributed by atoms with van der Waals surface area (Å²) in [5, 5.41) is 3.54. The largest absolute Gasteiger partial charge is 0.495 e. The first kappa shape index (κ1) is 30.4. The van der Waals surface area contributed by atoms with Crippen molar-refractivity contribution in [3.63, 3.8) is 0 Å². The number of nitrogens with zero attached hydrogens (tertiary/aromatic N) is 2. The predicted molar refractivity (Wildman–Crippen MR) is 160 cm³/mol. The number of nitrogens with one attached hydrogen (secondary N) is 1. The normalized spacial score (nSPS) is 14.6. The summed E-state index contributed by atoms with van der Waals surface area (Å²) in [5.74, 6) is -0.547. The van der Waals surface area contributed by atoms with Crippen LogP contribution in [0.3, 0.4) is 0 Å². The Balaban J connectivity index is 1.70. The summed E-state index contributed by atoms with van der Waals surface area (Å²) in [6.45, 7) is 1.14. The maximum absolute atomic E-state index is 14.1. The third-order valence-electron chi connectivity index (χ3n) is 7.38. The van der Waals surface area contributed by atoms with E-state index in [-0.39, 0.29) is 29.1 Å². The lowest BCUT2D eigenvalue weighted by atomic mass is 9.95. The van der Waals surface area contributed by atoms with Crippen LogP contribution < -0.4 is 14.4 Å². The molecule has 1 fully saturated rings. The fourth-order valence-corrected chi connectivity index (χ4v) is 6.67. The smallest absolute Gasteiger partial charge is 0.264 e. The molecule has 8 nitrogen and oxygen atoms in total. The van der Waals surface area contributed by atoms with E-state index < -0.39 is 28.5 Å². The van der Waals surface area contributed by atoms with E-state index in [0.29, 0.717) is 16.3 Å². The standard InChI is InChI=1S/C31H36ClN3O5S/c1-23(31(37)33-25-14-5-3-6-15-25)34(21-24-13-9-10-18-27(24)32)30(36)22-35(28-19-11-12-20-29(28)40-2)41(38,39)26-16-7-4-8-17-26/h4,7-13,16-20,23,25H,3,5-6,14-15,21-22H2,1-2H3,(H,33,37)/t23-/m1/s1. The Labute approximate surface area is 247 Å². The molecule has 1 aliphatic carbocycles. The summed E-state index contributed by atoms with van der Waals surface area (Å²) in [6.07, 6.45) is 5.04. The van der Waals surface area contributed by atoms with Gasteiger partial charge in [-0.1, -0.05) is 79.4 Å². The summed E-state index contributed by atoms with van der Waals surface area (Å²) in [7, 11) is -2.75. The molecule has 2 amide bonds. The summed E-state index contributed by atoms with van der Waals surface area (Å²) in [5.41, 5.74) is 0.860. The number of halogens is 1. The van der Waals surface area contributed by atoms with E-state index in [9.17, 15) is 18.0 Å². The van der Waals surface area contributed by atoms with E-state index >= 15 is 0 Å². The van der Waals surface area contributed by atoms with Crippen molar-refractivity contribution in [2.24, 2.45) is 0 Å². The van der Waals surface area contributed by atoms with Crippen molar-refractivity contribution in [3.8, 4) is 5.75 Å². The van der Waals surface area contributed by atoms with E-state index in [1.807, 2.05) is 0 Å². The lowest BCUT2D eigenvalue weighted by Gasteiger charge is -2.33. The van der Waals surface area contributed by atoms with Crippen LogP contribution in [0.2, 0.25) is 5.02 Å². The maximum Gasteiger partial charge on any atom is 0.264 e. The van der Waals surface area contributed by atoms with Gasteiger partial charge in [0.05, 0.1) is 17.7 Å². The molecular weight excluding hydrogens is 562 g/mol. The van der Waals surface area contributed by atoms with Gasteiger partial charge < -0.3 is 15.0 Å². The highest BCUT2D eigenvalue weighted by Gasteiger charge is 2.34. The molecule has 0 heterocycles. The molecule has 1 aliphatic rings. The number of anilines is 1. The molecule has 1 atom stereocenters. The van der Waals surface area contributed by atoms with Crippen molar-refractivity contribution < 1.29 is 22.7 Å². The van der Waals surface area contributed by atoms with Gasteiger partial charge >= 0.3 is 0 Å². The second-order valence-electron chi connectivity index (χ2n) is 10.1. The van der Waals surface area contributed by atoms with E-state index in [0.717, 1.165) is 36.4 Å². The molecule has 0 spiro atoms. The molecule has 0 unspecified atom stereocenters. The number of para-hydroxylation sites is 2. The Hall–Kier alpha value is -3.56. The lowest BCUT2D eigenvalue weighted by Crippen LogP contribution is -2.53. The third kappa shape index (κ3) is 7.40. The topological polar surface area (TPSA) is 96.0 Å². The van der Waals surface area contributed by atoms with Gasteiger partial charge in [-0.3, -0.25) is 13.9 Å². The van der Waals surface area contributed by atoms with Crippen LogP contribution in [0.5, 0.6) is 5.75 Å². The minimum absolute atomic E-state index is 0.0273.